The van der Waals surface area contributed by atoms with E-state index in [0.717, 1.165) is 18.1 Å². The summed E-state index contributed by atoms with van der Waals surface area (Å²) < 4.78 is 5.14. The lowest BCUT2D eigenvalue weighted by Gasteiger charge is -2.17. The van der Waals surface area contributed by atoms with Crippen LogP contribution in [0.2, 0.25) is 0 Å². The van der Waals surface area contributed by atoms with E-state index in [9.17, 15) is 19.7 Å². The number of nitrogens with zero attached hydrogens (tertiary/aromatic N) is 1. The first-order chi connectivity index (χ1) is 13.8. The van der Waals surface area contributed by atoms with Gasteiger partial charge in [-0.1, -0.05) is 44.2 Å². The predicted octanol–water partition coefficient (Wildman–Crippen LogP) is 4.69. The van der Waals surface area contributed by atoms with E-state index in [1.54, 1.807) is 6.07 Å². The molecule has 0 saturated heterocycles. The molecule has 7 nitrogen and oxygen atoms in total. The maximum atomic E-state index is 12.4. The fraction of sp³-hybridized carbons (Fsp3) is 0.273. The number of hydrogen-bond donors (Lipinski definition) is 1. The van der Waals surface area contributed by atoms with Gasteiger partial charge < -0.3 is 10.1 Å². The van der Waals surface area contributed by atoms with Gasteiger partial charge in [0, 0.05) is 23.9 Å². The van der Waals surface area contributed by atoms with Gasteiger partial charge in [-0.05, 0) is 42.5 Å². The average Bonchev–Trinajstić information content (AvgIpc) is 2.72. The summed E-state index contributed by atoms with van der Waals surface area (Å²) in [6.45, 7) is 5.63. The maximum absolute atomic E-state index is 12.4. The van der Waals surface area contributed by atoms with Crippen LogP contribution in [0.4, 0.5) is 11.4 Å². The van der Waals surface area contributed by atoms with Gasteiger partial charge in [-0.2, -0.15) is 0 Å². The van der Waals surface area contributed by atoms with Crippen molar-refractivity contribution in [3.63, 3.8) is 0 Å². The molecule has 0 heterocycles. The molecule has 2 rings (SSSR count). The molecular weight excluding hydrogens is 372 g/mol. The highest BCUT2D eigenvalue weighted by Gasteiger charge is 2.19. The average molecular weight is 396 g/mol. The standard InChI is InChI=1S/C22H24N2O5/c1-4-15(2)19-10-5-6-11-20(19)23-22(26)16(3)29-21(25)13-12-17-8-7-9-18(14-17)24(27)28/h5-16H,4H2,1-3H3,(H,23,26)/b13-12+/t15-,16+/m1/s1. The quantitative estimate of drug-likeness (QED) is 0.302. The van der Waals surface area contributed by atoms with Crippen LogP contribution in [-0.2, 0) is 14.3 Å². The Morgan fingerprint density at radius 3 is 2.59 bits per heavy atom. The van der Waals surface area contributed by atoms with Crippen molar-refractivity contribution < 1.29 is 19.2 Å². The van der Waals surface area contributed by atoms with Crippen LogP contribution in [0.15, 0.2) is 54.6 Å². The first-order valence-electron chi connectivity index (χ1n) is 9.34. The van der Waals surface area contributed by atoms with Gasteiger partial charge in [0.05, 0.1) is 4.92 Å². The third kappa shape index (κ3) is 6.27. The van der Waals surface area contributed by atoms with E-state index >= 15 is 0 Å². The van der Waals surface area contributed by atoms with Crippen LogP contribution in [0.5, 0.6) is 0 Å². The lowest BCUT2D eigenvalue weighted by atomic mass is 9.97. The zero-order chi connectivity index (χ0) is 21.4. The van der Waals surface area contributed by atoms with Crippen molar-refractivity contribution in [1.82, 2.24) is 0 Å². The normalized spacial score (nSPS) is 12.9. The molecule has 0 saturated carbocycles. The number of non-ortho nitro benzene ring substituents is 1. The van der Waals surface area contributed by atoms with E-state index in [1.165, 1.54) is 31.2 Å². The van der Waals surface area contributed by atoms with Gasteiger partial charge in [-0.15, -0.1) is 0 Å². The molecule has 2 aromatic rings. The summed E-state index contributed by atoms with van der Waals surface area (Å²) in [4.78, 5) is 34.7. The van der Waals surface area contributed by atoms with Gasteiger partial charge in [-0.3, -0.25) is 14.9 Å². The van der Waals surface area contributed by atoms with E-state index in [2.05, 4.69) is 19.2 Å². The molecule has 2 atom stereocenters. The van der Waals surface area contributed by atoms with E-state index in [4.69, 9.17) is 4.74 Å². The van der Waals surface area contributed by atoms with E-state index in [1.807, 2.05) is 24.3 Å². The van der Waals surface area contributed by atoms with Crippen LogP contribution in [-0.4, -0.2) is 22.9 Å². The van der Waals surface area contributed by atoms with Crippen molar-refractivity contribution in [1.29, 1.82) is 0 Å². The minimum absolute atomic E-state index is 0.0757. The molecule has 0 radical (unpaired) electrons. The monoisotopic (exact) mass is 396 g/mol. The van der Waals surface area contributed by atoms with Crippen molar-refractivity contribution in [3.05, 3.63) is 75.8 Å². The number of rotatable bonds is 8. The molecule has 0 bridgehead atoms. The lowest BCUT2D eigenvalue weighted by molar-refractivity contribution is -0.384. The van der Waals surface area contributed by atoms with Gasteiger partial charge in [-0.25, -0.2) is 4.79 Å². The summed E-state index contributed by atoms with van der Waals surface area (Å²) in [5.74, 6) is -0.866. The molecule has 0 spiro atoms. The van der Waals surface area contributed by atoms with Gasteiger partial charge in [0.2, 0.25) is 0 Å². The van der Waals surface area contributed by atoms with E-state index in [-0.39, 0.29) is 11.6 Å². The Hall–Kier alpha value is -3.48. The smallest absolute Gasteiger partial charge is 0.331 e. The van der Waals surface area contributed by atoms with Crippen molar-refractivity contribution in [3.8, 4) is 0 Å². The fourth-order valence-electron chi connectivity index (χ4n) is 2.67. The Bertz CT molecular complexity index is 923. The summed E-state index contributed by atoms with van der Waals surface area (Å²) in [6.07, 6.45) is 2.47. The second-order valence-corrected chi connectivity index (χ2v) is 6.65. The van der Waals surface area contributed by atoms with Crippen LogP contribution in [0, 0.1) is 10.1 Å². The molecular formula is C22H24N2O5. The SMILES string of the molecule is CC[C@@H](C)c1ccccc1NC(=O)[C@H](C)OC(=O)/C=C/c1cccc([N+](=O)[O-])c1. The van der Waals surface area contributed by atoms with Crippen LogP contribution in [0.1, 0.15) is 44.2 Å². The molecule has 152 valence electrons. The summed E-state index contributed by atoms with van der Waals surface area (Å²) in [7, 11) is 0. The molecule has 0 aliphatic carbocycles. The molecule has 0 unspecified atom stereocenters. The van der Waals surface area contributed by atoms with E-state index < -0.39 is 22.9 Å². The minimum Gasteiger partial charge on any atom is -0.449 e. The minimum atomic E-state index is -0.998. The Balaban J connectivity index is 1.98. The first kappa shape index (κ1) is 21.8. The van der Waals surface area contributed by atoms with E-state index in [0.29, 0.717) is 11.3 Å². The van der Waals surface area contributed by atoms with Gasteiger partial charge in [0.1, 0.15) is 0 Å². The van der Waals surface area contributed by atoms with Crippen LogP contribution in [0.25, 0.3) is 6.08 Å². The number of hydrogen-bond acceptors (Lipinski definition) is 5. The Kier molecular flexibility index (Phi) is 7.65. The largest absolute Gasteiger partial charge is 0.449 e. The third-order valence-electron chi connectivity index (χ3n) is 4.52. The fourth-order valence-corrected chi connectivity index (χ4v) is 2.67. The number of nitrogens with one attached hydrogen (secondary N) is 1. The second kappa shape index (κ2) is 10.2. The predicted molar refractivity (Wildman–Crippen MR) is 111 cm³/mol. The van der Waals surface area contributed by atoms with Gasteiger partial charge in [0.15, 0.2) is 6.10 Å². The van der Waals surface area contributed by atoms with Crippen molar-refractivity contribution >= 4 is 29.3 Å². The van der Waals surface area contributed by atoms with Crippen molar-refractivity contribution in [2.75, 3.05) is 5.32 Å². The molecule has 7 heteroatoms. The van der Waals surface area contributed by atoms with Gasteiger partial charge in [0.25, 0.3) is 11.6 Å². The molecule has 1 amide bonds. The summed E-state index contributed by atoms with van der Waals surface area (Å²) in [6, 6.07) is 13.4. The second-order valence-electron chi connectivity index (χ2n) is 6.65. The highest BCUT2D eigenvalue weighted by Crippen LogP contribution is 2.26. The summed E-state index contributed by atoms with van der Waals surface area (Å²) in [5, 5.41) is 13.6. The molecule has 0 aliphatic rings. The molecule has 1 N–H and O–H groups in total. The number of nitro groups is 1. The Labute approximate surface area is 169 Å². The van der Waals surface area contributed by atoms with Crippen LogP contribution < -0.4 is 5.32 Å². The topological polar surface area (TPSA) is 98.5 Å². The number of amides is 1. The number of esters is 1. The Morgan fingerprint density at radius 1 is 1.17 bits per heavy atom. The van der Waals surface area contributed by atoms with Gasteiger partial charge >= 0.3 is 5.97 Å². The number of anilines is 1. The number of carbonyl (C=O) groups excluding carboxylic acids is 2. The van der Waals surface area contributed by atoms with Crippen molar-refractivity contribution in [2.45, 2.75) is 39.2 Å². The molecule has 2 aromatic carbocycles. The first-order valence-corrected chi connectivity index (χ1v) is 9.34. The number of carbonyl (C=O) groups is 2. The maximum Gasteiger partial charge on any atom is 0.331 e. The molecule has 0 aliphatic heterocycles. The number of benzene rings is 2. The van der Waals surface area contributed by atoms with Crippen LogP contribution in [0.3, 0.4) is 0 Å². The molecule has 0 fully saturated rings. The highest BCUT2D eigenvalue weighted by atomic mass is 16.6. The zero-order valence-corrected chi connectivity index (χ0v) is 16.6. The third-order valence-corrected chi connectivity index (χ3v) is 4.52. The summed E-state index contributed by atoms with van der Waals surface area (Å²) in [5.41, 5.74) is 2.12. The van der Waals surface area contributed by atoms with Crippen LogP contribution >= 0.6 is 0 Å². The molecule has 29 heavy (non-hydrogen) atoms. The Morgan fingerprint density at radius 2 is 1.90 bits per heavy atom. The highest BCUT2D eigenvalue weighted by molar-refractivity contribution is 5.97. The number of ether oxygens (including phenoxy) is 1. The van der Waals surface area contributed by atoms with Crippen molar-refractivity contribution in [2.24, 2.45) is 0 Å². The number of para-hydroxylation sites is 1. The number of nitro benzene ring substituents is 1. The zero-order valence-electron chi connectivity index (χ0n) is 16.6. The lowest BCUT2D eigenvalue weighted by Crippen LogP contribution is -2.29. The molecule has 0 aromatic heterocycles. The summed E-state index contributed by atoms with van der Waals surface area (Å²) >= 11 is 0.